The van der Waals surface area contributed by atoms with Crippen LogP contribution in [0.5, 0.6) is 5.75 Å². The molecule has 2 aromatic rings. The summed E-state index contributed by atoms with van der Waals surface area (Å²) < 4.78 is 51.4. The predicted octanol–water partition coefficient (Wildman–Crippen LogP) is 2.37. The molecule has 0 atom stereocenters. The van der Waals surface area contributed by atoms with Crippen LogP contribution in [0.25, 0.3) is 0 Å². The second kappa shape index (κ2) is 9.28. The topological polar surface area (TPSA) is 119 Å². The first-order chi connectivity index (χ1) is 15.8. The maximum absolute atomic E-state index is 14.3. The van der Waals surface area contributed by atoms with Gasteiger partial charge in [0.2, 0.25) is 10.0 Å². The minimum atomic E-state index is -4.10. The smallest absolute Gasteiger partial charge is 0.338 e. The van der Waals surface area contributed by atoms with E-state index in [2.05, 4.69) is 5.32 Å². The molecule has 0 saturated carbocycles. The van der Waals surface area contributed by atoms with E-state index in [9.17, 15) is 27.2 Å². The SMILES string of the molecule is O=C1COc2ccc(C(=O)COC(=O)c3ccc(F)c(S(=O)(=O)N4CCCCC4)c3)cc2N1. The molecule has 11 heteroatoms. The van der Waals surface area contributed by atoms with Crippen LogP contribution in [0.2, 0.25) is 0 Å². The van der Waals surface area contributed by atoms with Gasteiger partial charge >= 0.3 is 5.97 Å². The highest BCUT2D eigenvalue weighted by Crippen LogP contribution is 2.29. The van der Waals surface area contributed by atoms with Crippen molar-refractivity contribution in [1.29, 1.82) is 0 Å². The van der Waals surface area contributed by atoms with Crippen LogP contribution in [0.1, 0.15) is 40.0 Å². The number of hydrogen-bond acceptors (Lipinski definition) is 7. The highest BCUT2D eigenvalue weighted by atomic mass is 32.2. The second-order valence-electron chi connectivity index (χ2n) is 7.66. The normalized spacial score (nSPS) is 16.3. The number of esters is 1. The number of halogens is 1. The Labute approximate surface area is 189 Å². The number of Topliss-reactive ketones (excluding diaryl/α,β-unsaturated/α-hetero) is 1. The molecule has 33 heavy (non-hydrogen) atoms. The summed E-state index contributed by atoms with van der Waals surface area (Å²) >= 11 is 0. The van der Waals surface area contributed by atoms with E-state index in [1.165, 1.54) is 22.5 Å². The Balaban J connectivity index is 1.46. The number of anilines is 1. The number of ether oxygens (including phenoxy) is 2. The van der Waals surface area contributed by atoms with Gasteiger partial charge in [0.25, 0.3) is 5.91 Å². The number of nitrogens with one attached hydrogen (secondary N) is 1. The minimum absolute atomic E-state index is 0.120. The second-order valence-corrected chi connectivity index (χ2v) is 9.56. The molecule has 0 aromatic heterocycles. The van der Waals surface area contributed by atoms with E-state index >= 15 is 0 Å². The Morgan fingerprint density at radius 3 is 2.55 bits per heavy atom. The maximum atomic E-state index is 14.3. The van der Waals surface area contributed by atoms with E-state index in [0.717, 1.165) is 24.6 Å². The number of benzene rings is 2. The summed E-state index contributed by atoms with van der Waals surface area (Å²) in [7, 11) is -4.10. The summed E-state index contributed by atoms with van der Waals surface area (Å²) in [6.45, 7) is -0.169. The summed E-state index contributed by atoms with van der Waals surface area (Å²) in [4.78, 5) is 35.7. The maximum Gasteiger partial charge on any atom is 0.338 e. The Hall–Kier alpha value is -3.31. The molecule has 1 N–H and O–H groups in total. The highest BCUT2D eigenvalue weighted by Gasteiger charge is 2.29. The number of hydrogen-bond donors (Lipinski definition) is 1. The molecule has 0 bridgehead atoms. The molecular weight excluding hydrogens is 455 g/mol. The molecule has 4 rings (SSSR count). The number of nitrogens with zero attached hydrogens (tertiary/aromatic N) is 1. The third kappa shape index (κ3) is 4.88. The van der Waals surface area contributed by atoms with Gasteiger partial charge in [-0.15, -0.1) is 0 Å². The van der Waals surface area contributed by atoms with E-state index in [4.69, 9.17) is 9.47 Å². The zero-order valence-corrected chi connectivity index (χ0v) is 18.3. The fourth-order valence-electron chi connectivity index (χ4n) is 3.63. The first kappa shape index (κ1) is 22.9. The van der Waals surface area contributed by atoms with Gasteiger partial charge < -0.3 is 14.8 Å². The van der Waals surface area contributed by atoms with Gasteiger partial charge in [0.05, 0.1) is 11.3 Å². The van der Waals surface area contributed by atoms with Crippen LogP contribution < -0.4 is 10.1 Å². The molecule has 2 aliphatic rings. The van der Waals surface area contributed by atoms with Crippen molar-refractivity contribution < 1.29 is 36.7 Å². The number of amides is 1. The zero-order valence-electron chi connectivity index (χ0n) is 17.5. The van der Waals surface area contributed by atoms with Crippen molar-refractivity contribution in [2.45, 2.75) is 24.2 Å². The van der Waals surface area contributed by atoms with Crippen LogP contribution in [-0.2, 0) is 19.6 Å². The number of carbonyl (C=O) groups excluding carboxylic acids is 3. The van der Waals surface area contributed by atoms with E-state index in [1.54, 1.807) is 0 Å². The first-order valence-electron chi connectivity index (χ1n) is 10.3. The van der Waals surface area contributed by atoms with Crippen LogP contribution in [0, 0.1) is 5.82 Å². The molecule has 1 saturated heterocycles. The average Bonchev–Trinajstić information content (AvgIpc) is 2.82. The molecule has 2 heterocycles. The zero-order chi connectivity index (χ0) is 23.6. The van der Waals surface area contributed by atoms with Crippen molar-refractivity contribution in [3.05, 3.63) is 53.3 Å². The molecule has 9 nitrogen and oxygen atoms in total. The van der Waals surface area contributed by atoms with Crippen LogP contribution in [0.3, 0.4) is 0 Å². The third-order valence-electron chi connectivity index (χ3n) is 5.37. The summed E-state index contributed by atoms with van der Waals surface area (Å²) in [6.07, 6.45) is 2.27. The summed E-state index contributed by atoms with van der Waals surface area (Å²) in [5.41, 5.74) is 0.320. The average molecular weight is 476 g/mol. The van der Waals surface area contributed by atoms with Crippen LogP contribution in [0.15, 0.2) is 41.3 Å². The molecule has 2 aliphatic heterocycles. The van der Waals surface area contributed by atoms with E-state index < -0.39 is 39.1 Å². The molecule has 2 aromatic carbocycles. The number of sulfonamides is 1. The van der Waals surface area contributed by atoms with Crippen LogP contribution >= 0.6 is 0 Å². The summed E-state index contributed by atoms with van der Waals surface area (Å²) in [6, 6.07) is 7.31. The third-order valence-corrected chi connectivity index (χ3v) is 7.28. The van der Waals surface area contributed by atoms with Gasteiger partial charge in [-0.3, -0.25) is 9.59 Å². The van der Waals surface area contributed by atoms with Crippen molar-refractivity contribution in [1.82, 2.24) is 4.31 Å². The van der Waals surface area contributed by atoms with E-state index in [0.29, 0.717) is 24.3 Å². The Morgan fingerprint density at radius 2 is 1.79 bits per heavy atom. The van der Waals surface area contributed by atoms with Crippen molar-refractivity contribution in [2.24, 2.45) is 0 Å². The molecule has 1 fully saturated rings. The Bertz CT molecular complexity index is 1220. The van der Waals surface area contributed by atoms with Gasteiger partial charge in [-0.1, -0.05) is 6.42 Å². The minimum Gasteiger partial charge on any atom is -0.482 e. The fraction of sp³-hybridized carbons (Fsp3) is 0.318. The number of rotatable bonds is 6. The lowest BCUT2D eigenvalue weighted by Gasteiger charge is -2.26. The number of piperidine rings is 1. The number of carbonyl (C=O) groups is 3. The van der Waals surface area contributed by atoms with Crippen molar-refractivity contribution >= 4 is 33.4 Å². The lowest BCUT2D eigenvalue weighted by molar-refractivity contribution is -0.118. The lowest BCUT2D eigenvalue weighted by Crippen LogP contribution is -2.36. The van der Waals surface area contributed by atoms with E-state index in [-0.39, 0.29) is 36.7 Å². The van der Waals surface area contributed by atoms with Gasteiger partial charge in [-0.05, 0) is 49.2 Å². The predicted molar refractivity (Wildman–Crippen MR) is 114 cm³/mol. The van der Waals surface area contributed by atoms with Crippen LogP contribution in [0.4, 0.5) is 10.1 Å². The van der Waals surface area contributed by atoms with Gasteiger partial charge in [0.15, 0.2) is 19.0 Å². The molecule has 0 spiro atoms. The molecule has 0 aliphatic carbocycles. The van der Waals surface area contributed by atoms with Crippen LogP contribution in [-0.4, -0.2) is 56.7 Å². The lowest BCUT2D eigenvalue weighted by atomic mass is 10.1. The quantitative estimate of drug-likeness (QED) is 0.502. The molecule has 0 radical (unpaired) electrons. The van der Waals surface area contributed by atoms with Crippen molar-refractivity contribution in [2.75, 3.05) is 31.6 Å². The summed E-state index contributed by atoms with van der Waals surface area (Å²) in [5.74, 6) is -2.42. The first-order valence-corrected chi connectivity index (χ1v) is 11.8. The van der Waals surface area contributed by atoms with Gasteiger partial charge in [0.1, 0.15) is 16.5 Å². The van der Waals surface area contributed by atoms with Gasteiger partial charge in [0, 0.05) is 18.7 Å². The number of ketones is 1. The monoisotopic (exact) mass is 476 g/mol. The standard InChI is InChI=1S/C22H21FN2O7S/c23-16-6-4-15(11-20(16)33(29,30)25-8-2-1-3-9-25)22(28)32-12-18(26)14-5-7-19-17(10-14)24-21(27)13-31-19/h4-7,10-11H,1-3,8-9,12-13H2,(H,24,27). The Morgan fingerprint density at radius 1 is 1.06 bits per heavy atom. The number of fused-ring (bicyclic) bond motifs is 1. The van der Waals surface area contributed by atoms with Crippen molar-refractivity contribution in [3.8, 4) is 5.75 Å². The van der Waals surface area contributed by atoms with E-state index in [1.807, 2.05) is 0 Å². The van der Waals surface area contributed by atoms with Gasteiger partial charge in [-0.25, -0.2) is 17.6 Å². The molecule has 1 amide bonds. The highest BCUT2D eigenvalue weighted by molar-refractivity contribution is 7.89. The fourth-order valence-corrected chi connectivity index (χ4v) is 5.23. The largest absolute Gasteiger partial charge is 0.482 e. The summed E-state index contributed by atoms with van der Waals surface area (Å²) in [5, 5.41) is 2.58. The Kier molecular flexibility index (Phi) is 6.43. The molecular formula is C22H21FN2O7S. The molecule has 174 valence electrons. The van der Waals surface area contributed by atoms with Crippen molar-refractivity contribution in [3.63, 3.8) is 0 Å². The van der Waals surface area contributed by atoms with Gasteiger partial charge in [-0.2, -0.15) is 4.31 Å². The molecule has 0 unspecified atom stereocenters.